The van der Waals surface area contributed by atoms with E-state index < -0.39 is 0 Å². The Morgan fingerprint density at radius 1 is 1.53 bits per heavy atom. The van der Waals surface area contributed by atoms with Gasteiger partial charge in [-0.1, -0.05) is 12.8 Å². The number of aromatic nitrogens is 3. The molecule has 2 atom stereocenters. The van der Waals surface area contributed by atoms with E-state index in [1.807, 2.05) is 7.05 Å². The predicted molar refractivity (Wildman–Crippen MR) is 56.1 cm³/mol. The minimum atomic E-state index is -0.206. The summed E-state index contributed by atoms with van der Waals surface area (Å²) >= 11 is 0. The third-order valence-electron chi connectivity index (χ3n) is 2.90. The number of aliphatic hydroxyl groups is 1. The quantitative estimate of drug-likeness (QED) is 0.748. The van der Waals surface area contributed by atoms with Crippen LogP contribution >= 0.6 is 0 Å². The van der Waals surface area contributed by atoms with Crippen LogP contribution in [0, 0.1) is 0 Å². The molecule has 0 unspecified atom stereocenters. The van der Waals surface area contributed by atoms with Crippen molar-refractivity contribution in [2.75, 3.05) is 0 Å². The summed E-state index contributed by atoms with van der Waals surface area (Å²) in [6.45, 7) is 0.641. The molecule has 1 saturated carbocycles. The van der Waals surface area contributed by atoms with Gasteiger partial charge in [-0.05, 0) is 12.8 Å². The smallest absolute Gasteiger partial charge is 0.164 e. The second-order valence-electron chi connectivity index (χ2n) is 4.17. The zero-order valence-corrected chi connectivity index (χ0v) is 9.06. The minimum absolute atomic E-state index is 0.206. The van der Waals surface area contributed by atoms with Gasteiger partial charge in [0.2, 0.25) is 0 Å². The molecule has 84 valence electrons. The lowest BCUT2D eigenvalue weighted by atomic mass is 9.93. The summed E-state index contributed by atoms with van der Waals surface area (Å²) in [5.41, 5.74) is 0. The molecule has 0 bridgehead atoms. The molecule has 1 aliphatic rings. The molecule has 0 spiro atoms. The molecule has 1 fully saturated rings. The Morgan fingerprint density at radius 2 is 2.33 bits per heavy atom. The van der Waals surface area contributed by atoms with Crippen LogP contribution in [0.5, 0.6) is 0 Å². The van der Waals surface area contributed by atoms with Crippen molar-refractivity contribution in [1.29, 1.82) is 0 Å². The van der Waals surface area contributed by atoms with E-state index in [1.165, 1.54) is 6.42 Å². The van der Waals surface area contributed by atoms with Crippen LogP contribution in [0.4, 0.5) is 0 Å². The number of hydrogen-bond donors (Lipinski definition) is 2. The first kappa shape index (κ1) is 10.6. The summed E-state index contributed by atoms with van der Waals surface area (Å²) in [4.78, 5) is 4.13. The van der Waals surface area contributed by atoms with Crippen molar-refractivity contribution in [3.05, 3.63) is 12.2 Å². The van der Waals surface area contributed by atoms with Crippen LogP contribution in [0.25, 0.3) is 0 Å². The maximum Gasteiger partial charge on any atom is 0.164 e. The largest absolute Gasteiger partial charge is 0.392 e. The highest BCUT2D eigenvalue weighted by molar-refractivity contribution is 4.85. The monoisotopic (exact) mass is 210 g/mol. The lowest BCUT2D eigenvalue weighted by Crippen LogP contribution is -2.41. The van der Waals surface area contributed by atoms with Crippen LogP contribution in [0.2, 0.25) is 0 Å². The molecule has 15 heavy (non-hydrogen) atoms. The van der Waals surface area contributed by atoms with Gasteiger partial charge in [-0.3, -0.25) is 4.68 Å². The highest BCUT2D eigenvalue weighted by Crippen LogP contribution is 2.18. The molecular weight excluding hydrogens is 192 g/mol. The van der Waals surface area contributed by atoms with Gasteiger partial charge in [0.25, 0.3) is 0 Å². The van der Waals surface area contributed by atoms with Crippen molar-refractivity contribution >= 4 is 0 Å². The fraction of sp³-hybridized carbons (Fsp3) is 0.800. The molecule has 5 heteroatoms. The first-order valence-electron chi connectivity index (χ1n) is 5.51. The summed E-state index contributed by atoms with van der Waals surface area (Å²) < 4.78 is 1.69. The average molecular weight is 210 g/mol. The van der Waals surface area contributed by atoms with E-state index in [-0.39, 0.29) is 12.1 Å². The molecule has 0 radical (unpaired) electrons. The maximum absolute atomic E-state index is 9.74. The predicted octanol–water partition coefficient (Wildman–Crippen LogP) is 0.208. The molecule has 1 heterocycles. The van der Waals surface area contributed by atoms with Crippen molar-refractivity contribution < 1.29 is 5.11 Å². The molecule has 0 aliphatic heterocycles. The zero-order valence-electron chi connectivity index (χ0n) is 9.06. The highest BCUT2D eigenvalue weighted by atomic mass is 16.3. The highest BCUT2D eigenvalue weighted by Gasteiger charge is 2.22. The molecule has 5 nitrogen and oxygen atoms in total. The molecule has 0 aromatic carbocycles. The van der Waals surface area contributed by atoms with Crippen LogP contribution in [0.15, 0.2) is 6.33 Å². The Morgan fingerprint density at radius 3 is 3.00 bits per heavy atom. The van der Waals surface area contributed by atoms with Gasteiger partial charge in [0.05, 0.1) is 12.6 Å². The summed E-state index contributed by atoms with van der Waals surface area (Å²) in [5, 5.41) is 17.2. The second-order valence-corrected chi connectivity index (χ2v) is 4.17. The Labute approximate surface area is 89.5 Å². The first-order valence-corrected chi connectivity index (χ1v) is 5.51. The van der Waals surface area contributed by atoms with Gasteiger partial charge in [-0.2, -0.15) is 5.10 Å². The number of nitrogens with one attached hydrogen (secondary N) is 1. The second kappa shape index (κ2) is 4.72. The fourth-order valence-corrected chi connectivity index (χ4v) is 2.04. The van der Waals surface area contributed by atoms with Gasteiger partial charge in [0.1, 0.15) is 6.33 Å². The number of aliphatic hydroxyl groups excluding tert-OH is 1. The zero-order chi connectivity index (χ0) is 10.7. The standard InChI is InChI=1S/C10H18N4O/c1-14-7-12-10(13-14)6-11-8-4-2-3-5-9(8)15/h7-9,11,15H,2-6H2,1H3/t8-,9-/m1/s1. The third-order valence-corrected chi connectivity index (χ3v) is 2.90. The van der Waals surface area contributed by atoms with Gasteiger partial charge in [0.15, 0.2) is 5.82 Å². The lowest BCUT2D eigenvalue weighted by Gasteiger charge is -2.27. The van der Waals surface area contributed by atoms with E-state index in [2.05, 4.69) is 15.4 Å². The molecule has 0 saturated heterocycles. The van der Waals surface area contributed by atoms with Crippen molar-refractivity contribution in [3.63, 3.8) is 0 Å². The van der Waals surface area contributed by atoms with Crippen molar-refractivity contribution in [1.82, 2.24) is 20.1 Å². The van der Waals surface area contributed by atoms with E-state index in [9.17, 15) is 5.11 Å². The molecule has 1 aromatic rings. The number of hydrogen-bond acceptors (Lipinski definition) is 4. The normalized spacial score (nSPS) is 26.8. The van der Waals surface area contributed by atoms with Crippen LogP contribution in [0.3, 0.4) is 0 Å². The van der Waals surface area contributed by atoms with Crippen LogP contribution in [-0.4, -0.2) is 32.0 Å². The number of aryl methyl sites for hydroxylation is 1. The topological polar surface area (TPSA) is 63.0 Å². The van der Waals surface area contributed by atoms with E-state index in [4.69, 9.17) is 0 Å². The number of nitrogens with zero attached hydrogens (tertiary/aromatic N) is 3. The summed E-state index contributed by atoms with van der Waals surface area (Å²) in [6.07, 6.45) is 5.78. The van der Waals surface area contributed by atoms with Crippen molar-refractivity contribution in [3.8, 4) is 0 Å². The fourth-order valence-electron chi connectivity index (χ4n) is 2.04. The average Bonchev–Trinajstić information content (AvgIpc) is 2.63. The van der Waals surface area contributed by atoms with Crippen LogP contribution < -0.4 is 5.32 Å². The Kier molecular flexibility index (Phi) is 3.33. The van der Waals surface area contributed by atoms with Gasteiger partial charge < -0.3 is 10.4 Å². The Balaban J connectivity index is 1.81. The lowest BCUT2D eigenvalue weighted by molar-refractivity contribution is 0.0899. The first-order chi connectivity index (χ1) is 7.25. The van der Waals surface area contributed by atoms with Gasteiger partial charge in [-0.25, -0.2) is 4.98 Å². The summed E-state index contributed by atoms with van der Waals surface area (Å²) in [7, 11) is 1.85. The van der Waals surface area contributed by atoms with Gasteiger partial charge in [0, 0.05) is 13.1 Å². The molecule has 2 N–H and O–H groups in total. The molecule has 1 aromatic heterocycles. The van der Waals surface area contributed by atoms with Crippen molar-refractivity contribution in [2.24, 2.45) is 7.05 Å². The molecule has 1 aliphatic carbocycles. The van der Waals surface area contributed by atoms with Crippen LogP contribution in [-0.2, 0) is 13.6 Å². The van der Waals surface area contributed by atoms with Crippen LogP contribution in [0.1, 0.15) is 31.5 Å². The SMILES string of the molecule is Cn1cnc(CN[C@@H]2CCCC[C@H]2O)n1. The number of rotatable bonds is 3. The third kappa shape index (κ3) is 2.76. The van der Waals surface area contributed by atoms with Crippen molar-refractivity contribution in [2.45, 2.75) is 44.4 Å². The van der Waals surface area contributed by atoms with E-state index in [1.54, 1.807) is 11.0 Å². The Bertz CT molecular complexity index is 312. The van der Waals surface area contributed by atoms with Gasteiger partial charge >= 0.3 is 0 Å². The minimum Gasteiger partial charge on any atom is -0.392 e. The summed E-state index contributed by atoms with van der Waals surface area (Å²) in [6, 6.07) is 0.211. The maximum atomic E-state index is 9.74. The van der Waals surface area contributed by atoms with E-state index in [0.717, 1.165) is 25.1 Å². The molecule has 0 amide bonds. The summed E-state index contributed by atoms with van der Waals surface area (Å²) in [5.74, 6) is 0.787. The van der Waals surface area contributed by atoms with E-state index >= 15 is 0 Å². The van der Waals surface area contributed by atoms with Gasteiger partial charge in [-0.15, -0.1) is 0 Å². The molecular formula is C10H18N4O. The van der Waals surface area contributed by atoms with E-state index in [0.29, 0.717) is 6.54 Å². The Hall–Kier alpha value is -0.940. The molecule has 2 rings (SSSR count).